The minimum Gasteiger partial charge on any atom is -0.480 e. The van der Waals surface area contributed by atoms with E-state index < -0.39 is 17.5 Å². The van der Waals surface area contributed by atoms with Gasteiger partial charge in [-0.3, -0.25) is 4.79 Å². The first-order valence-electron chi connectivity index (χ1n) is 4.79. The van der Waals surface area contributed by atoms with E-state index in [9.17, 15) is 14.4 Å². The summed E-state index contributed by atoms with van der Waals surface area (Å²) in [7, 11) is 0. The van der Waals surface area contributed by atoms with Crippen molar-refractivity contribution in [1.82, 2.24) is 16.0 Å². The van der Waals surface area contributed by atoms with Gasteiger partial charge in [0.2, 0.25) is 5.91 Å². The maximum atomic E-state index is 11.2. The molecule has 7 heteroatoms. The van der Waals surface area contributed by atoms with Crippen LogP contribution in [0, 0.1) is 0 Å². The molecule has 0 radical (unpaired) electrons. The first kappa shape index (κ1) is 14.2. The molecular formula is C9H17N3O4. The lowest BCUT2D eigenvalue weighted by Gasteiger charge is -2.21. The number of amides is 3. The van der Waals surface area contributed by atoms with Crippen molar-refractivity contribution in [2.45, 2.75) is 26.3 Å². The van der Waals surface area contributed by atoms with Gasteiger partial charge in [-0.1, -0.05) is 0 Å². The van der Waals surface area contributed by atoms with Crippen LogP contribution in [0.4, 0.5) is 4.79 Å². The number of carbonyl (C=O) groups is 3. The summed E-state index contributed by atoms with van der Waals surface area (Å²) in [5.41, 5.74) is -1.32. The lowest BCUT2D eigenvalue weighted by atomic mass is 10.1. The minimum atomic E-state index is -1.32. The molecule has 0 aromatic rings. The third-order valence-corrected chi connectivity index (χ3v) is 1.75. The third-order valence-electron chi connectivity index (χ3n) is 1.75. The number of rotatable bonds is 5. The molecule has 0 unspecified atom stereocenters. The minimum absolute atomic E-state index is 0.187. The van der Waals surface area contributed by atoms with Crippen molar-refractivity contribution in [2.24, 2.45) is 0 Å². The number of urea groups is 1. The summed E-state index contributed by atoms with van der Waals surface area (Å²) in [6, 6.07) is -0.585. The zero-order valence-electron chi connectivity index (χ0n) is 9.59. The molecule has 0 heterocycles. The number of carboxylic acid groups (broad SMARTS) is 1. The van der Waals surface area contributed by atoms with Crippen LogP contribution in [0.25, 0.3) is 0 Å². The summed E-state index contributed by atoms with van der Waals surface area (Å²) in [6.07, 6.45) is 0. The highest BCUT2D eigenvalue weighted by atomic mass is 16.4. The Morgan fingerprint density at radius 3 is 2.06 bits per heavy atom. The fourth-order valence-corrected chi connectivity index (χ4v) is 0.796. The van der Waals surface area contributed by atoms with Gasteiger partial charge < -0.3 is 21.1 Å². The van der Waals surface area contributed by atoms with Gasteiger partial charge in [0.1, 0.15) is 5.54 Å². The van der Waals surface area contributed by atoms with Gasteiger partial charge >= 0.3 is 12.0 Å². The molecule has 0 aliphatic heterocycles. The zero-order chi connectivity index (χ0) is 12.8. The Hall–Kier alpha value is -1.79. The second-order valence-corrected chi connectivity index (χ2v) is 3.79. The fraction of sp³-hybridized carbons (Fsp3) is 0.667. The van der Waals surface area contributed by atoms with E-state index in [2.05, 4.69) is 16.0 Å². The number of nitrogens with one attached hydrogen (secondary N) is 3. The van der Waals surface area contributed by atoms with Crippen molar-refractivity contribution >= 4 is 17.9 Å². The fourth-order valence-electron chi connectivity index (χ4n) is 0.796. The van der Waals surface area contributed by atoms with Crippen molar-refractivity contribution in [3.05, 3.63) is 0 Å². The van der Waals surface area contributed by atoms with Gasteiger partial charge in [0.25, 0.3) is 0 Å². The molecule has 0 bridgehead atoms. The molecule has 92 valence electrons. The smallest absolute Gasteiger partial charge is 0.328 e. The van der Waals surface area contributed by atoms with Crippen molar-refractivity contribution in [1.29, 1.82) is 0 Å². The largest absolute Gasteiger partial charge is 0.480 e. The highest BCUT2D eigenvalue weighted by Gasteiger charge is 2.28. The van der Waals surface area contributed by atoms with E-state index in [-0.39, 0.29) is 12.5 Å². The summed E-state index contributed by atoms with van der Waals surface area (Å²) in [6.45, 7) is 4.66. The second-order valence-electron chi connectivity index (χ2n) is 3.79. The van der Waals surface area contributed by atoms with Gasteiger partial charge in [-0.25, -0.2) is 9.59 Å². The van der Waals surface area contributed by atoms with E-state index >= 15 is 0 Å². The molecule has 3 amide bonds. The first-order chi connectivity index (χ1) is 7.25. The molecule has 0 saturated heterocycles. The molecule has 16 heavy (non-hydrogen) atoms. The van der Waals surface area contributed by atoms with E-state index in [0.29, 0.717) is 6.54 Å². The highest BCUT2D eigenvalue weighted by molar-refractivity contribution is 5.85. The van der Waals surface area contributed by atoms with Crippen LogP contribution in [-0.4, -0.2) is 41.6 Å². The SMILES string of the molecule is CC(=O)NCCNC(=O)NC(C)(C)C(=O)O. The average molecular weight is 231 g/mol. The van der Waals surface area contributed by atoms with Gasteiger partial charge in [0.15, 0.2) is 0 Å². The zero-order valence-corrected chi connectivity index (χ0v) is 9.59. The van der Waals surface area contributed by atoms with Crippen LogP contribution in [0.1, 0.15) is 20.8 Å². The molecule has 0 rings (SSSR count). The molecule has 0 saturated carbocycles. The molecular weight excluding hydrogens is 214 g/mol. The second kappa shape index (κ2) is 5.94. The number of carboxylic acids is 1. The van der Waals surface area contributed by atoms with Gasteiger partial charge in [0, 0.05) is 20.0 Å². The molecule has 0 atom stereocenters. The van der Waals surface area contributed by atoms with E-state index in [1.54, 1.807) is 0 Å². The number of aliphatic carboxylic acids is 1. The average Bonchev–Trinajstić information content (AvgIpc) is 2.11. The van der Waals surface area contributed by atoms with Gasteiger partial charge in [-0.2, -0.15) is 0 Å². The maximum Gasteiger partial charge on any atom is 0.328 e. The predicted octanol–water partition coefficient (Wildman–Crippen LogP) is -0.715. The topological polar surface area (TPSA) is 108 Å². The van der Waals surface area contributed by atoms with E-state index in [4.69, 9.17) is 5.11 Å². The molecule has 0 aromatic heterocycles. The summed E-state index contributed by atoms with van der Waals surface area (Å²) < 4.78 is 0. The molecule has 7 nitrogen and oxygen atoms in total. The number of carbonyl (C=O) groups excluding carboxylic acids is 2. The Morgan fingerprint density at radius 1 is 1.12 bits per heavy atom. The molecule has 0 spiro atoms. The molecule has 0 aliphatic rings. The van der Waals surface area contributed by atoms with Crippen LogP contribution < -0.4 is 16.0 Å². The monoisotopic (exact) mass is 231 g/mol. The summed E-state index contributed by atoms with van der Waals surface area (Å²) in [5.74, 6) is -1.31. The van der Waals surface area contributed by atoms with Crippen molar-refractivity contribution in [3.63, 3.8) is 0 Å². The molecule has 0 aromatic carbocycles. The lowest BCUT2D eigenvalue weighted by molar-refractivity contribution is -0.142. The van der Waals surface area contributed by atoms with Crippen LogP contribution in [0.2, 0.25) is 0 Å². The Kier molecular flexibility index (Phi) is 5.27. The number of hydrogen-bond donors (Lipinski definition) is 4. The standard InChI is InChI=1S/C9H17N3O4/c1-6(13)10-4-5-11-8(16)12-9(2,3)7(14)15/h4-5H2,1-3H3,(H,10,13)(H,14,15)(H2,11,12,16). The van der Waals surface area contributed by atoms with Crippen molar-refractivity contribution in [2.75, 3.05) is 13.1 Å². The van der Waals surface area contributed by atoms with Crippen molar-refractivity contribution < 1.29 is 19.5 Å². The van der Waals surface area contributed by atoms with E-state index in [1.807, 2.05) is 0 Å². The Labute approximate surface area is 93.6 Å². The van der Waals surface area contributed by atoms with Crippen LogP contribution in [0.3, 0.4) is 0 Å². The van der Waals surface area contributed by atoms with Gasteiger partial charge in [-0.05, 0) is 13.8 Å². The quantitative estimate of drug-likeness (QED) is 0.468. The summed E-state index contributed by atoms with van der Waals surface area (Å²) >= 11 is 0. The Balaban J connectivity index is 3.83. The molecule has 4 N–H and O–H groups in total. The summed E-state index contributed by atoms with van der Waals surface area (Å²) in [4.78, 5) is 32.4. The highest BCUT2D eigenvalue weighted by Crippen LogP contribution is 2.00. The first-order valence-corrected chi connectivity index (χ1v) is 4.79. The predicted molar refractivity (Wildman–Crippen MR) is 56.9 cm³/mol. The Morgan fingerprint density at radius 2 is 1.62 bits per heavy atom. The molecule has 0 fully saturated rings. The maximum absolute atomic E-state index is 11.2. The van der Waals surface area contributed by atoms with E-state index in [1.165, 1.54) is 20.8 Å². The third kappa shape index (κ3) is 5.84. The van der Waals surface area contributed by atoms with Crippen LogP contribution >= 0.6 is 0 Å². The van der Waals surface area contributed by atoms with Gasteiger partial charge in [-0.15, -0.1) is 0 Å². The van der Waals surface area contributed by atoms with E-state index in [0.717, 1.165) is 0 Å². The van der Waals surface area contributed by atoms with Crippen LogP contribution in [-0.2, 0) is 9.59 Å². The van der Waals surface area contributed by atoms with Crippen LogP contribution in [0.5, 0.6) is 0 Å². The number of hydrogen-bond acceptors (Lipinski definition) is 3. The normalized spacial score (nSPS) is 10.4. The Bertz CT molecular complexity index is 288. The summed E-state index contributed by atoms with van der Waals surface area (Å²) in [5, 5.41) is 15.9. The molecule has 0 aliphatic carbocycles. The van der Waals surface area contributed by atoms with Crippen molar-refractivity contribution in [3.8, 4) is 0 Å². The van der Waals surface area contributed by atoms with Crippen LogP contribution in [0.15, 0.2) is 0 Å². The van der Waals surface area contributed by atoms with Gasteiger partial charge in [0.05, 0.1) is 0 Å². The lowest BCUT2D eigenvalue weighted by Crippen LogP contribution is -2.53.